The molecule has 0 fully saturated rings. The summed E-state index contributed by atoms with van der Waals surface area (Å²) in [6.07, 6.45) is 1.09. The molecule has 0 aliphatic rings. The average molecular weight is 446 g/mol. The third-order valence-corrected chi connectivity index (χ3v) is 5.15. The molecule has 1 N–H and O–H groups in total. The summed E-state index contributed by atoms with van der Waals surface area (Å²) in [5.74, 6) is 1.08. The van der Waals surface area contributed by atoms with Gasteiger partial charge in [-0.1, -0.05) is 25.1 Å². The van der Waals surface area contributed by atoms with Crippen LogP contribution in [0.1, 0.15) is 18.9 Å². The second-order valence-corrected chi connectivity index (χ2v) is 7.09. The highest BCUT2D eigenvalue weighted by Crippen LogP contribution is 2.30. The van der Waals surface area contributed by atoms with E-state index in [0.717, 1.165) is 5.56 Å². The lowest BCUT2D eigenvalue weighted by Crippen LogP contribution is -2.48. The van der Waals surface area contributed by atoms with E-state index in [9.17, 15) is 14.9 Å². The molecule has 0 spiro atoms. The van der Waals surface area contributed by atoms with Crippen LogP contribution >= 0.6 is 0 Å². The number of rotatable bonds is 13. The Balaban J connectivity index is 2.14. The summed E-state index contributed by atoms with van der Waals surface area (Å²) in [6, 6.07) is 11.5. The summed E-state index contributed by atoms with van der Waals surface area (Å²) < 4.78 is 15.8. The maximum Gasteiger partial charge on any atom is 0.292 e. The number of nitro groups is 1. The number of nitro benzene ring substituents is 1. The van der Waals surface area contributed by atoms with Gasteiger partial charge in [-0.05, 0) is 36.6 Å². The molecule has 0 heterocycles. The van der Waals surface area contributed by atoms with Gasteiger partial charge in [-0.3, -0.25) is 14.9 Å². The van der Waals surface area contributed by atoms with Crippen molar-refractivity contribution in [3.05, 3.63) is 58.1 Å². The van der Waals surface area contributed by atoms with Crippen LogP contribution in [0.25, 0.3) is 0 Å². The Morgan fingerprint density at radius 1 is 1.12 bits per heavy atom. The van der Waals surface area contributed by atoms with Crippen molar-refractivity contribution in [3.8, 4) is 11.5 Å². The topological polar surface area (TPSA) is 103 Å². The molecule has 0 aliphatic heterocycles. The molecule has 1 atom stereocenters. The molecule has 0 bridgehead atoms. The quantitative estimate of drug-likeness (QED) is 0.373. The predicted molar refractivity (Wildman–Crippen MR) is 123 cm³/mol. The van der Waals surface area contributed by atoms with E-state index in [0.29, 0.717) is 49.7 Å². The zero-order valence-corrected chi connectivity index (χ0v) is 19.0. The Bertz CT molecular complexity index is 905. The highest BCUT2D eigenvalue weighted by molar-refractivity contribution is 5.86. The van der Waals surface area contributed by atoms with E-state index in [2.05, 4.69) is 5.32 Å². The fraction of sp³-hybridized carbons (Fsp3) is 0.435. The molecule has 0 aliphatic carbocycles. The monoisotopic (exact) mass is 445 g/mol. The summed E-state index contributed by atoms with van der Waals surface area (Å²) >= 11 is 0. The van der Waals surface area contributed by atoms with Crippen molar-refractivity contribution in [1.29, 1.82) is 0 Å². The van der Waals surface area contributed by atoms with Crippen LogP contribution in [0, 0.1) is 10.1 Å². The van der Waals surface area contributed by atoms with Crippen molar-refractivity contribution in [3.63, 3.8) is 0 Å². The molecule has 2 aromatic rings. The molecule has 32 heavy (non-hydrogen) atoms. The minimum atomic E-state index is -0.573. The second-order valence-electron chi connectivity index (χ2n) is 7.09. The Morgan fingerprint density at radius 2 is 1.84 bits per heavy atom. The van der Waals surface area contributed by atoms with Crippen molar-refractivity contribution in [2.24, 2.45) is 0 Å². The van der Waals surface area contributed by atoms with Crippen LogP contribution in [-0.2, 0) is 16.0 Å². The van der Waals surface area contributed by atoms with E-state index in [1.165, 1.54) is 6.07 Å². The molecule has 2 aromatic carbocycles. The number of benzene rings is 2. The van der Waals surface area contributed by atoms with Crippen LogP contribution in [0.4, 0.5) is 11.4 Å². The van der Waals surface area contributed by atoms with Crippen molar-refractivity contribution in [2.75, 3.05) is 45.9 Å². The van der Waals surface area contributed by atoms with Gasteiger partial charge in [0.05, 0.1) is 25.7 Å². The number of para-hydroxylation sites is 2. The van der Waals surface area contributed by atoms with E-state index in [-0.39, 0.29) is 11.6 Å². The number of hydrogen-bond acceptors (Lipinski definition) is 7. The molecule has 0 radical (unpaired) electrons. The number of carbonyl (C=O) groups is 1. The largest absolute Gasteiger partial charge is 0.493 e. The number of nitrogens with zero attached hydrogens (tertiary/aromatic N) is 2. The van der Waals surface area contributed by atoms with Gasteiger partial charge in [0.1, 0.15) is 11.7 Å². The van der Waals surface area contributed by atoms with E-state index in [1.54, 1.807) is 44.4 Å². The molecule has 2 rings (SSSR count). The minimum Gasteiger partial charge on any atom is -0.493 e. The van der Waals surface area contributed by atoms with Gasteiger partial charge in [-0.15, -0.1) is 0 Å². The fourth-order valence-electron chi connectivity index (χ4n) is 3.53. The first-order chi connectivity index (χ1) is 15.5. The molecule has 0 saturated heterocycles. The lowest BCUT2D eigenvalue weighted by atomic mass is 10.1. The lowest BCUT2D eigenvalue weighted by molar-refractivity contribution is -0.384. The zero-order valence-electron chi connectivity index (χ0n) is 19.0. The third-order valence-electron chi connectivity index (χ3n) is 5.15. The van der Waals surface area contributed by atoms with Crippen LogP contribution in [0.5, 0.6) is 11.5 Å². The maximum absolute atomic E-state index is 13.0. The van der Waals surface area contributed by atoms with Gasteiger partial charge < -0.3 is 24.4 Å². The number of amides is 1. The summed E-state index contributed by atoms with van der Waals surface area (Å²) in [5, 5.41) is 14.5. The molecule has 1 unspecified atom stereocenters. The van der Waals surface area contributed by atoms with Crippen molar-refractivity contribution in [1.82, 2.24) is 5.32 Å². The number of carbonyl (C=O) groups excluding carboxylic acids is 1. The third kappa shape index (κ3) is 6.34. The normalized spacial score (nSPS) is 11.5. The fourth-order valence-corrected chi connectivity index (χ4v) is 3.53. The minimum absolute atomic E-state index is 0.0415. The van der Waals surface area contributed by atoms with Crippen LogP contribution in [0.2, 0.25) is 0 Å². The Labute approximate surface area is 188 Å². The van der Waals surface area contributed by atoms with Gasteiger partial charge in [0.25, 0.3) is 5.69 Å². The summed E-state index contributed by atoms with van der Waals surface area (Å²) in [6.45, 7) is 2.98. The van der Waals surface area contributed by atoms with E-state index >= 15 is 0 Å². The molecular weight excluding hydrogens is 414 g/mol. The highest BCUT2D eigenvalue weighted by atomic mass is 16.6. The molecule has 9 heteroatoms. The van der Waals surface area contributed by atoms with Crippen molar-refractivity contribution in [2.45, 2.75) is 25.8 Å². The van der Waals surface area contributed by atoms with Gasteiger partial charge in [0, 0.05) is 26.3 Å². The first-order valence-electron chi connectivity index (χ1n) is 10.4. The number of anilines is 1. The highest BCUT2D eigenvalue weighted by Gasteiger charge is 2.29. The van der Waals surface area contributed by atoms with Gasteiger partial charge in [0.15, 0.2) is 11.5 Å². The van der Waals surface area contributed by atoms with Gasteiger partial charge in [-0.2, -0.15) is 0 Å². The Kier molecular flexibility index (Phi) is 9.75. The molecule has 1 amide bonds. The lowest BCUT2D eigenvalue weighted by Gasteiger charge is -2.31. The van der Waals surface area contributed by atoms with Crippen molar-refractivity contribution < 1.29 is 23.9 Å². The second kappa shape index (κ2) is 12.5. The standard InChI is InChI=1S/C23H31N3O6/c1-5-18(25(14-15-30-2)19-8-6-7-9-20(19)26(28)29)23(27)24-13-12-17-10-11-21(31-3)22(16-17)32-4/h6-11,16,18H,5,12-15H2,1-4H3,(H,24,27). The number of ether oxygens (including phenoxy) is 3. The van der Waals surface area contributed by atoms with Crippen molar-refractivity contribution >= 4 is 17.3 Å². The van der Waals surface area contributed by atoms with Crippen LogP contribution in [-0.4, -0.2) is 57.9 Å². The number of hydrogen-bond donors (Lipinski definition) is 1. The Hall–Kier alpha value is -3.33. The van der Waals surface area contributed by atoms with Crippen LogP contribution in [0.15, 0.2) is 42.5 Å². The SMILES string of the molecule is CCC(C(=O)NCCc1ccc(OC)c(OC)c1)N(CCOC)c1ccccc1[N+](=O)[O-]. The van der Waals surface area contributed by atoms with Gasteiger partial charge in [-0.25, -0.2) is 0 Å². The number of nitrogens with one attached hydrogen (secondary N) is 1. The van der Waals surface area contributed by atoms with Crippen LogP contribution < -0.4 is 19.7 Å². The average Bonchev–Trinajstić information content (AvgIpc) is 2.81. The summed E-state index contributed by atoms with van der Waals surface area (Å²) in [5.41, 5.74) is 1.35. The molecule has 0 aromatic heterocycles. The maximum atomic E-state index is 13.0. The molecular formula is C23H31N3O6. The van der Waals surface area contributed by atoms with E-state index in [4.69, 9.17) is 14.2 Å². The molecule has 0 saturated carbocycles. The predicted octanol–water partition coefficient (Wildman–Crippen LogP) is 3.20. The van der Waals surface area contributed by atoms with Gasteiger partial charge in [0.2, 0.25) is 5.91 Å². The number of methoxy groups -OCH3 is 3. The first-order valence-corrected chi connectivity index (χ1v) is 10.4. The first kappa shape index (κ1) is 24.9. The Morgan fingerprint density at radius 3 is 2.47 bits per heavy atom. The summed E-state index contributed by atoms with van der Waals surface area (Å²) in [7, 11) is 4.71. The van der Waals surface area contributed by atoms with Crippen LogP contribution in [0.3, 0.4) is 0 Å². The molecule has 9 nitrogen and oxygen atoms in total. The zero-order chi connectivity index (χ0) is 23.5. The van der Waals surface area contributed by atoms with E-state index < -0.39 is 11.0 Å². The van der Waals surface area contributed by atoms with E-state index in [1.807, 2.05) is 25.1 Å². The summed E-state index contributed by atoms with van der Waals surface area (Å²) in [4.78, 5) is 25.9. The van der Waals surface area contributed by atoms with Gasteiger partial charge >= 0.3 is 0 Å². The molecule has 174 valence electrons. The smallest absolute Gasteiger partial charge is 0.292 e.